The molecule has 3 amide bonds. The van der Waals surface area contributed by atoms with Crippen LogP contribution in [0.1, 0.15) is 28.1 Å². The molecule has 0 saturated carbocycles. The van der Waals surface area contributed by atoms with E-state index in [2.05, 4.69) is 10.6 Å². The molecule has 3 aromatic rings. The van der Waals surface area contributed by atoms with Crippen molar-refractivity contribution in [3.05, 3.63) is 64.4 Å². The number of hydrogen-bond acceptors (Lipinski definition) is 7. The molecule has 2 N–H and O–H groups in total. The van der Waals surface area contributed by atoms with Gasteiger partial charge in [0.2, 0.25) is 0 Å². The summed E-state index contributed by atoms with van der Waals surface area (Å²) in [5.74, 6) is 1.11. The van der Waals surface area contributed by atoms with Gasteiger partial charge in [-0.05, 0) is 48.1 Å². The topological polar surface area (TPSA) is 92.4 Å². The fourth-order valence-electron chi connectivity index (χ4n) is 4.41. The number of urea groups is 1. The fraction of sp³-hybridized carbons (Fsp3) is 0.357. The third-order valence-corrected chi connectivity index (χ3v) is 7.11. The zero-order chi connectivity index (χ0) is 27.1. The number of hydrogen-bond donors (Lipinski definition) is 2. The fourth-order valence-corrected chi connectivity index (χ4v) is 5.11. The summed E-state index contributed by atoms with van der Waals surface area (Å²) in [4.78, 5) is 30.8. The molecule has 1 aromatic heterocycles. The Kier molecular flexibility index (Phi) is 9.09. The van der Waals surface area contributed by atoms with Crippen molar-refractivity contribution in [3.63, 3.8) is 0 Å². The van der Waals surface area contributed by atoms with E-state index in [9.17, 15) is 9.59 Å². The van der Waals surface area contributed by atoms with E-state index in [1.165, 1.54) is 11.3 Å². The Morgan fingerprint density at radius 3 is 2.37 bits per heavy atom. The molecular formula is C28H34N4O5S. The quantitative estimate of drug-likeness (QED) is 0.364. The highest BCUT2D eigenvalue weighted by Crippen LogP contribution is 2.28. The van der Waals surface area contributed by atoms with Gasteiger partial charge in [0.15, 0.2) is 0 Å². The second-order valence-electron chi connectivity index (χ2n) is 9.22. The van der Waals surface area contributed by atoms with Crippen LogP contribution in [0.4, 0.5) is 21.9 Å². The van der Waals surface area contributed by atoms with Crippen molar-refractivity contribution in [1.82, 2.24) is 4.90 Å². The van der Waals surface area contributed by atoms with Crippen LogP contribution < -0.4 is 25.0 Å². The first-order valence-electron chi connectivity index (χ1n) is 12.4. The molecule has 9 nitrogen and oxygen atoms in total. The lowest BCUT2D eigenvalue weighted by atomic mass is 10.1. The highest BCUT2D eigenvalue weighted by Gasteiger charge is 2.25. The highest BCUT2D eigenvalue weighted by atomic mass is 32.1. The van der Waals surface area contributed by atoms with Crippen LogP contribution in [-0.4, -0.2) is 64.4 Å². The van der Waals surface area contributed by atoms with Gasteiger partial charge in [-0.2, -0.15) is 0 Å². The number of anilines is 3. The number of amides is 3. The molecule has 10 heteroatoms. The summed E-state index contributed by atoms with van der Waals surface area (Å²) in [5.41, 5.74) is 3.02. The number of carbonyl (C=O) groups is 2. The van der Waals surface area contributed by atoms with Gasteiger partial charge in [0.1, 0.15) is 11.5 Å². The Labute approximate surface area is 227 Å². The number of thiophene rings is 1. The molecule has 0 aliphatic carbocycles. The van der Waals surface area contributed by atoms with Crippen molar-refractivity contribution >= 4 is 40.3 Å². The maximum Gasteiger partial charge on any atom is 0.323 e. The Bertz CT molecular complexity index is 1220. The molecule has 1 atom stereocenters. The summed E-state index contributed by atoms with van der Waals surface area (Å²) in [5, 5.41) is 7.63. The van der Waals surface area contributed by atoms with Crippen molar-refractivity contribution < 1.29 is 23.8 Å². The molecule has 2 heterocycles. The molecule has 1 saturated heterocycles. The average Bonchev–Trinajstić information content (AvgIpc) is 3.62. The Morgan fingerprint density at radius 2 is 1.76 bits per heavy atom. The minimum Gasteiger partial charge on any atom is -0.497 e. The second-order valence-corrected chi connectivity index (χ2v) is 10.2. The molecule has 4 rings (SSSR count). The summed E-state index contributed by atoms with van der Waals surface area (Å²) in [6.45, 7) is 1.62. The van der Waals surface area contributed by atoms with E-state index in [4.69, 9.17) is 14.2 Å². The van der Waals surface area contributed by atoms with E-state index >= 15 is 0 Å². The molecule has 0 spiro atoms. The van der Waals surface area contributed by atoms with E-state index in [0.717, 1.165) is 30.7 Å². The summed E-state index contributed by atoms with van der Waals surface area (Å²) in [6, 6.07) is 14.2. The maximum absolute atomic E-state index is 13.4. The van der Waals surface area contributed by atoms with Crippen LogP contribution in [0.3, 0.4) is 0 Å². The number of nitrogens with zero attached hydrogens (tertiary/aromatic N) is 2. The number of nitrogens with one attached hydrogen (secondary N) is 2. The zero-order valence-corrected chi connectivity index (χ0v) is 23.0. The van der Waals surface area contributed by atoms with Gasteiger partial charge in [-0.25, -0.2) is 4.79 Å². The van der Waals surface area contributed by atoms with Crippen LogP contribution in [0.2, 0.25) is 0 Å². The molecule has 0 unspecified atom stereocenters. The van der Waals surface area contributed by atoms with Crippen LogP contribution in [-0.2, 0) is 11.3 Å². The monoisotopic (exact) mass is 538 g/mol. The predicted octanol–water partition coefficient (Wildman–Crippen LogP) is 5.30. The van der Waals surface area contributed by atoms with E-state index in [0.29, 0.717) is 40.8 Å². The molecule has 0 bridgehead atoms. The lowest BCUT2D eigenvalue weighted by Crippen LogP contribution is -2.37. The first-order valence-corrected chi connectivity index (χ1v) is 13.3. The van der Waals surface area contributed by atoms with Gasteiger partial charge in [-0.15, -0.1) is 11.3 Å². The lowest BCUT2D eigenvalue weighted by molar-refractivity contribution is 0.0511. The van der Waals surface area contributed by atoms with Gasteiger partial charge in [0.25, 0.3) is 5.91 Å². The zero-order valence-electron chi connectivity index (χ0n) is 22.2. The van der Waals surface area contributed by atoms with Crippen molar-refractivity contribution in [2.75, 3.05) is 57.0 Å². The van der Waals surface area contributed by atoms with Gasteiger partial charge in [0, 0.05) is 69.1 Å². The summed E-state index contributed by atoms with van der Waals surface area (Å²) >= 11 is 1.43. The Morgan fingerprint density at radius 1 is 1.03 bits per heavy atom. The van der Waals surface area contributed by atoms with E-state index in [-0.39, 0.29) is 12.0 Å². The second kappa shape index (κ2) is 12.7. The van der Waals surface area contributed by atoms with Crippen LogP contribution in [0.15, 0.2) is 53.9 Å². The molecule has 1 aliphatic rings. The van der Waals surface area contributed by atoms with Crippen molar-refractivity contribution in [1.29, 1.82) is 0 Å². The minimum atomic E-state index is -0.408. The molecular weight excluding hydrogens is 504 g/mol. The number of methoxy groups -OCH3 is 2. The SMILES string of the molecule is COc1cc(NC(=O)Nc2ccc(N(C)C)c(CN(C[C@@H]3CCCO3)C(=O)c3cccs3)c2)cc(OC)c1. The smallest absolute Gasteiger partial charge is 0.323 e. The van der Waals surface area contributed by atoms with Crippen LogP contribution in [0.25, 0.3) is 0 Å². The first kappa shape index (κ1) is 27.3. The van der Waals surface area contributed by atoms with Crippen molar-refractivity contribution in [2.45, 2.75) is 25.5 Å². The van der Waals surface area contributed by atoms with Gasteiger partial charge in [-0.3, -0.25) is 4.79 Å². The summed E-state index contributed by atoms with van der Waals surface area (Å²) < 4.78 is 16.4. The molecule has 0 radical (unpaired) electrons. The van der Waals surface area contributed by atoms with Crippen molar-refractivity contribution in [3.8, 4) is 11.5 Å². The van der Waals surface area contributed by atoms with E-state index in [1.54, 1.807) is 32.4 Å². The maximum atomic E-state index is 13.4. The van der Waals surface area contributed by atoms with Crippen LogP contribution >= 0.6 is 11.3 Å². The van der Waals surface area contributed by atoms with Crippen molar-refractivity contribution in [2.24, 2.45) is 0 Å². The largest absolute Gasteiger partial charge is 0.497 e. The average molecular weight is 539 g/mol. The standard InChI is InChI=1S/C28H34N4O5S/c1-31(2)25-10-9-20(29-28(34)30-21-14-23(35-3)16-24(15-21)36-4)13-19(25)17-32(18-22-7-5-11-37-22)27(33)26-8-6-12-38-26/h6,8-10,12-16,22H,5,7,11,17-18H2,1-4H3,(H2,29,30,34)/t22-/m0/s1. The molecule has 202 valence electrons. The van der Waals surface area contributed by atoms with Gasteiger partial charge < -0.3 is 34.6 Å². The molecule has 1 fully saturated rings. The highest BCUT2D eigenvalue weighted by molar-refractivity contribution is 7.12. The van der Waals surface area contributed by atoms with E-state index < -0.39 is 6.03 Å². The minimum absolute atomic E-state index is 0.0219. The number of carbonyl (C=O) groups excluding carboxylic acids is 2. The van der Waals surface area contributed by atoms with Crippen LogP contribution in [0.5, 0.6) is 11.5 Å². The number of benzene rings is 2. The Hall–Kier alpha value is -3.76. The van der Waals surface area contributed by atoms with Gasteiger partial charge in [0.05, 0.1) is 25.2 Å². The normalized spacial score (nSPS) is 14.6. The van der Waals surface area contributed by atoms with E-state index in [1.807, 2.05) is 59.6 Å². The lowest BCUT2D eigenvalue weighted by Gasteiger charge is -2.28. The predicted molar refractivity (Wildman–Crippen MR) is 151 cm³/mol. The third-order valence-electron chi connectivity index (χ3n) is 6.26. The molecule has 1 aliphatic heterocycles. The van der Waals surface area contributed by atoms with Gasteiger partial charge >= 0.3 is 6.03 Å². The number of ether oxygens (including phenoxy) is 3. The summed E-state index contributed by atoms with van der Waals surface area (Å²) in [6.07, 6.45) is 1.96. The molecule has 38 heavy (non-hydrogen) atoms. The third kappa shape index (κ3) is 6.96. The first-order chi connectivity index (χ1) is 18.4. The number of rotatable bonds is 10. The van der Waals surface area contributed by atoms with Gasteiger partial charge in [-0.1, -0.05) is 6.07 Å². The molecule has 2 aromatic carbocycles. The summed E-state index contributed by atoms with van der Waals surface area (Å²) in [7, 11) is 7.02. The van der Waals surface area contributed by atoms with Crippen LogP contribution in [0, 0.1) is 0 Å². The Balaban J connectivity index is 1.54.